The molecule has 0 saturated heterocycles. The Morgan fingerprint density at radius 3 is 2.89 bits per heavy atom. The lowest BCUT2D eigenvalue weighted by atomic mass is 10.6. The van der Waals surface area contributed by atoms with Crippen molar-refractivity contribution in [2.75, 3.05) is 5.32 Å². The fourth-order valence-electron chi connectivity index (χ4n) is 0.705. The van der Waals surface area contributed by atoms with Crippen LogP contribution in [0.2, 0.25) is 5.15 Å². The van der Waals surface area contributed by atoms with Gasteiger partial charge in [0.2, 0.25) is 0 Å². The summed E-state index contributed by atoms with van der Waals surface area (Å²) in [7, 11) is 0. The van der Waals surface area contributed by atoms with Crippen molar-refractivity contribution in [3.63, 3.8) is 0 Å². The number of anilines is 2. The van der Waals surface area contributed by atoms with E-state index in [9.17, 15) is 0 Å². The van der Waals surface area contributed by atoms with E-state index in [-0.39, 0.29) is 0 Å². The topological polar surface area (TPSA) is 47.7 Å². The fourth-order valence-corrected chi connectivity index (χ4v) is 0.964. The molecule has 0 amide bonds. The van der Waals surface area contributed by atoms with Crippen molar-refractivity contribution in [1.82, 2.24) is 9.97 Å². The predicted molar refractivity (Wildman–Crippen MR) is 35.1 cm³/mol. The van der Waals surface area contributed by atoms with E-state index in [0.717, 1.165) is 11.5 Å². The van der Waals surface area contributed by atoms with E-state index in [1.54, 1.807) is 0 Å². The Bertz CT molecular complexity index is 270. The summed E-state index contributed by atoms with van der Waals surface area (Å²) >= 11 is 5.65. The zero-order valence-electron chi connectivity index (χ0n) is 4.77. The summed E-state index contributed by atoms with van der Waals surface area (Å²) in [6, 6.07) is 0. The highest BCUT2D eigenvalue weighted by molar-refractivity contribution is 6.34. The third-order valence-corrected chi connectivity index (χ3v) is 1.43. The molecule has 1 aromatic heterocycles. The maximum Gasteiger partial charge on any atom is 0.159 e. The molecule has 0 atom stereocenters. The largest absolute Gasteiger partial charge is 0.333 e. The molecule has 1 aliphatic heterocycles. The second-order valence-electron chi connectivity index (χ2n) is 1.91. The highest BCUT2D eigenvalue weighted by Crippen LogP contribution is 2.41. The van der Waals surface area contributed by atoms with Crippen LogP contribution >= 0.6 is 11.6 Å². The van der Waals surface area contributed by atoms with Gasteiger partial charge in [-0.05, 0) is 6.92 Å². The average Bonchev–Trinajstić information content (AvgIpc) is 2.43. The average molecular weight is 142 g/mol. The molecular formula is C5H4ClN3. The Morgan fingerprint density at radius 2 is 2.22 bits per heavy atom. The number of hydrogen-bond acceptors (Lipinski definition) is 3. The molecule has 0 bridgehead atoms. The standard InChI is InChI=1S/C5H4ClN3/c1-2-7-4(6)3-5(8-2)9-3/h1H3,(H,7,8,9). The van der Waals surface area contributed by atoms with Gasteiger partial charge in [0.15, 0.2) is 11.0 Å². The molecule has 0 aromatic carbocycles. The van der Waals surface area contributed by atoms with E-state index in [4.69, 9.17) is 11.6 Å². The molecule has 1 N–H and O–H groups in total. The Labute approximate surface area is 57.1 Å². The molecule has 0 aliphatic carbocycles. The monoisotopic (exact) mass is 141 g/mol. The van der Waals surface area contributed by atoms with E-state index in [2.05, 4.69) is 15.3 Å². The Kier molecular flexibility index (Phi) is 0.754. The maximum absolute atomic E-state index is 5.65. The van der Waals surface area contributed by atoms with Gasteiger partial charge in [-0.1, -0.05) is 11.6 Å². The SMILES string of the molecule is Cc1nc(Cl)c2c(n1)N2. The molecule has 1 aliphatic rings. The molecule has 0 fully saturated rings. The van der Waals surface area contributed by atoms with E-state index >= 15 is 0 Å². The number of nitrogens with one attached hydrogen (secondary N) is 1. The number of halogens is 1. The summed E-state index contributed by atoms with van der Waals surface area (Å²) in [4.78, 5) is 7.94. The van der Waals surface area contributed by atoms with Crippen LogP contribution in [-0.2, 0) is 0 Å². The fraction of sp³-hybridized carbons (Fsp3) is 0.200. The molecule has 46 valence electrons. The molecule has 2 heterocycles. The quantitative estimate of drug-likeness (QED) is 0.447. The molecule has 2 rings (SSSR count). The van der Waals surface area contributed by atoms with Gasteiger partial charge < -0.3 is 5.32 Å². The van der Waals surface area contributed by atoms with Crippen molar-refractivity contribution in [3.8, 4) is 0 Å². The first-order valence-electron chi connectivity index (χ1n) is 2.58. The van der Waals surface area contributed by atoms with Crippen molar-refractivity contribution in [2.45, 2.75) is 6.92 Å². The molecule has 4 heteroatoms. The van der Waals surface area contributed by atoms with Gasteiger partial charge in [-0.15, -0.1) is 0 Å². The summed E-state index contributed by atoms with van der Waals surface area (Å²) < 4.78 is 0. The number of nitrogens with zero attached hydrogens (tertiary/aromatic N) is 2. The van der Waals surface area contributed by atoms with Crippen molar-refractivity contribution >= 4 is 23.1 Å². The van der Waals surface area contributed by atoms with Crippen LogP contribution in [0.15, 0.2) is 0 Å². The maximum atomic E-state index is 5.65. The predicted octanol–water partition coefficient (Wildman–Crippen LogP) is 1.50. The Hall–Kier alpha value is -0.830. The summed E-state index contributed by atoms with van der Waals surface area (Å²) in [5.41, 5.74) is 0.877. The van der Waals surface area contributed by atoms with Gasteiger partial charge in [0, 0.05) is 0 Å². The minimum atomic E-state index is 0.525. The van der Waals surface area contributed by atoms with Crippen LogP contribution in [0.5, 0.6) is 0 Å². The lowest BCUT2D eigenvalue weighted by Crippen LogP contribution is -1.79. The third-order valence-electron chi connectivity index (χ3n) is 1.16. The minimum absolute atomic E-state index is 0.525. The molecule has 0 unspecified atom stereocenters. The summed E-state index contributed by atoms with van der Waals surface area (Å²) in [5, 5.41) is 3.42. The van der Waals surface area contributed by atoms with Gasteiger partial charge in [-0.3, -0.25) is 0 Å². The van der Waals surface area contributed by atoms with E-state index in [1.807, 2.05) is 6.92 Å². The van der Waals surface area contributed by atoms with Crippen LogP contribution in [0.1, 0.15) is 5.82 Å². The van der Waals surface area contributed by atoms with Crippen molar-refractivity contribution in [3.05, 3.63) is 11.0 Å². The lowest BCUT2D eigenvalue weighted by molar-refractivity contribution is 1.09. The van der Waals surface area contributed by atoms with Gasteiger partial charge in [-0.25, -0.2) is 9.97 Å². The first kappa shape index (κ1) is 4.99. The minimum Gasteiger partial charge on any atom is -0.333 e. The van der Waals surface area contributed by atoms with Crippen LogP contribution in [0.3, 0.4) is 0 Å². The number of aryl methyl sites for hydroxylation is 1. The van der Waals surface area contributed by atoms with Gasteiger partial charge in [0.25, 0.3) is 0 Å². The van der Waals surface area contributed by atoms with E-state index in [0.29, 0.717) is 11.0 Å². The number of rotatable bonds is 0. The molecule has 0 saturated carbocycles. The highest BCUT2D eigenvalue weighted by atomic mass is 35.5. The molecule has 0 radical (unpaired) electrons. The second kappa shape index (κ2) is 1.36. The summed E-state index contributed by atoms with van der Waals surface area (Å²) in [6.07, 6.45) is 0. The van der Waals surface area contributed by atoms with Crippen LogP contribution in [0.25, 0.3) is 0 Å². The number of aromatic nitrogens is 2. The highest BCUT2D eigenvalue weighted by Gasteiger charge is 2.22. The smallest absolute Gasteiger partial charge is 0.159 e. The summed E-state index contributed by atoms with van der Waals surface area (Å²) in [6.45, 7) is 1.81. The second-order valence-corrected chi connectivity index (χ2v) is 2.27. The van der Waals surface area contributed by atoms with Crippen LogP contribution < -0.4 is 5.32 Å². The van der Waals surface area contributed by atoms with Crippen molar-refractivity contribution in [2.24, 2.45) is 0 Å². The van der Waals surface area contributed by atoms with Crippen molar-refractivity contribution < 1.29 is 0 Å². The van der Waals surface area contributed by atoms with Crippen molar-refractivity contribution in [1.29, 1.82) is 0 Å². The molecule has 3 nitrogen and oxygen atoms in total. The zero-order valence-corrected chi connectivity index (χ0v) is 5.53. The molecule has 1 aromatic rings. The van der Waals surface area contributed by atoms with E-state index in [1.165, 1.54) is 0 Å². The van der Waals surface area contributed by atoms with Gasteiger partial charge >= 0.3 is 0 Å². The Balaban J connectivity index is 2.67. The van der Waals surface area contributed by atoms with Crippen LogP contribution in [-0.4, -0.2) is 9.97 Å². The van der Waals surface area contributed by atoms with Crippen LogP contribution in [0.4, 0.5) is 11.5 Å². The lowest BCUT2D eigenvalue weighted by Gasteiger charge is -1.84. The molecular weight excluding hydrogens is 138 g/mol. The normalized spacial score (nSPS) is 12.2. The number of hydrogen-bond donors (Lipinski definition) is 1. The number of fused-ring (bicyclic) bond motifs is 1. The molecule has 9 heavy (non-hydrogen) atoms. The summed E-state index contributed by atoms with van der Waals surface area (Å²) in [5.74, 6) is 1.58. The third kappa shape index (κ3) is 0.650. The van der Waals surface area contributed by atoms with Gasteiger partial charge in [0.05, 0.1) is 0 Å². The Morgan fingerprint density at radius 1 is 1.44 bits per heavy atom. The zero-order chi connectivity index (χ0) is 6.43. The first-order chi connectivity index (χ1) is 4.27. The van der Waals surface area contributed by atoms with Gasteiger partial charge in [-0.2, -0.15) is 0 Å². The van der Waals surface area contributed by atoms with Crippen LogP contribution in [0, 0.1) is 6.92 Å². The molecule has 0 spiro atoms. The van der Waals surface area contributed by atoms with Gasteiger partial charge in [0.1, 0.15) is 11.5 Å². The first-order valence-corrected chi connectivity index (χ1v) is 2.96. The van der Waals surface area contributed by atoms with E-state index < -0.39 is 0 Å².